The van der Waals surface area contributed by atoms with Crippen molar-refractivity contribution in [2.45, 2.75) is 32.6 Å². The zero-order chi connectivity index (χ0) is 13.7. The maximum Gasteiger partial charge on any atom is 0.131 e. The standard InChI is InChI=1S/C17H18BrF/c1-2-3-4-6-13-9-10-16(17(19)11-13)14-7-5-8-15(18)12-14/h5,7-12H,2-4,6H2,1H3. The van der Waals surface area contributed by atoms with E-state index in [1.807, 2.05) is 36.4 Å². The molecular formula is C17H18BrF. The van der Waals surface area contributed by atoms with E-state index in [1.165, 1.54) is 12.8 Å². The van der Waals surface area contributed by atoms with Crippen molar-refractivity contribution >= 4 is 15.9 Å². The Kier molecular flexibility index (Phi) is 5.15. The summed E-state index contributed by atoms with van der Waals surface area (Å²) in [6.07, 6.45) is 4.49. The van der Waals surface area contributed by atoms with Crippen LogP contribution in [0, 0.1) is 5.82 Å². The van der Waals surface area contributed by atoms with Gasteiger partial charge in [0, 0.05) is 10.0 Å². The number of hydrogen-bond donors (Lipinski definition) is 0. The van der Waals surface area contributed by atoms with Crippen molar-refractivity contribution < 1.29 is 4.39 Å². The molecule has 0 bridgehead atoms. The van der Waals surface area contributed by atoms with Crippen LogP contribution in [0.15, 0.2) is 46.9 Å². The van der Waals surface area contributed by atoms with Crippen LogP contribution in [-0.4, -0.2) is 0 Å². The fourth-order valence-electron chi connectivity index (χ4n) is 2.18. The summed E-state index contributed by atoms with van der Waals surface area (Å²) in [5.74, 6) is -0.132. The molecule has 2 aromatic rings. The maximum atomic E-state index is 14.2. The Balaban J connectivity index is 2.19. The van der Waals surface area contributed by atoms with Gasteiger partial charge in [-0.25, -0.2) is 4.39 Å². The van der Waals surface area contributed by atoms with Gasteiger partial charge < -0.3 is 0 Å². The van der Waals surface area contributed by atoms with E-state index < -0.39 is 0 Å². The first-order valence-corrected chi connectivity index (χ1v) is 7.54. The van der Waals surface area contributed by atoms with Crippen molar-refractivity contribution in [2.24, 2.45) is 0 Å². The molecule has 2 aromatic carbocycles. The van der Waals surface area contributed by atoms with E-state index in [0.717, 1.165) is 28.4 Å². The molecule has 0 fully saturated rings. The first-order valence-electron chi connectivity index (χ1n) is 6.75. The van der Waals surface area contributed by atoms with Crippen molar-refractivity contribution in [1.82, 2.24) is 0 Å². The lowest BCUT2D eigenvalue weighted by Gasteiger charge is -2.07. The maximum absolute atomic E-state index is 14.2. The van der Waals surface area contributed by atoms with Crippen LogP contribution in [0.2, 0.25) is 0 Å². The summed E-state index contributed by atoms with van der Waals surface area (Å²) >= 11 is 3.42. The fourth-order valence-corrected chi connectivity index (χ4v) is 2.58. The van der Waals surface area contributed by atoms with Gasteiger partial charge in [-0.15, -0.1) is 0 Å². The Morgan fingerprint density at radius 3 is 2.58 bits per heavy atom. The van der Waals surface area contributed by atoms with E-state index >= 15 is 0 Å². The molecule has 0 N–H and O–H groups in total. The van der Waals surface area contributed by atoms with E-state index in [4.69, 9.17) is 0 Å². The molecule has 0 aromatic heterocycles. The Morgan fingerprint density at radius 2 is 1.89 bits per heavy atom. The Hall–Kier alpha value is -1.15. The lowest BCUT2D eigenvalue weighted by molar-refractivity contribution is 0.626. The van der Waals surface area contributed by atoms with Gasteiger partial charge >= 0.3 is 0 Å². The monoisotopic (exact) mass is 320 g/mol. The lowest BCUT2D eigenvalue weighted by Crippen LogP contribution is -1.90. The van der Waals surface area contributed by atoms with Gasteiger partial charge in [0.05, 0.1) is 0 Å². The highest BCUT2D eigenvalue weighted by atomic mass is 79.9. The molecule has 2 heteroatoms. The van der Waals surface area contributed by atoms with Crippen LogP contribution in [0.25, 0.3) is 11.1 Å². The van der Waals surface area contributed by atoms with E-state index in [-0.39, 0.29) is 5.82 Å². The molecule has 0 nitrogen and oxygen atoms in total. The largest absolute Gasteiger partial charge is 0.206 e. The molecule has 0 saturated heterocycles. The topological polar surface area (TPSA) is 0 Å². The van der Waals surface area contributed by atoms with Crippen molar-refractivity contribution in [3.8, 4) is 11.1 Å². The molecule has 100 valence electrons. The van der Waals surface area contributed by atoms with Crippen LogP contribution in [0.5, 0.6) is 0 Å². The molecule has 19 heavy (non-hydrogen) atoms. The second-order valence-corrected chi connectivity index (χ2v) is 5.70. The van der Waals surface area contributed by atoms with Crippen LogP contribution in [-0.2, 0) is 6.42 Å². The number of benzene rings is 2. The summed E-state index contributed by atoms with van der Waals surface area (Å²) in [5, 5.41) is 0. The average Bonchev–Trinajstić information content (AvgIpc) is 2.39. The van der Waals surface area contributed by atoms with Gasteiger partial charge in [-0.05, 0) is 42.2 Å². The Labute approximate surface area is 122 Å². The van der Waals surface area contributed by atoms with Gasteiger partial charge in [0.25, 0.3) is 0 Å². The van der Waals surface area contributed by atoms with Crippen LogP contribution in [0.3, 0.4) is 0 Å². The molecule has 0 saturated carbocycles. The van der Waals surface area contributed by atoms with Crippen molar-refractivity contribution in [2.75, 3.05) is 0 Å². The number of aryl methyl sites for hydroxylation is 1. The van der Waals surface area contributed by atoms with Gasteiger partial charge in [0.1, 0.15) is 5.82 Å². The Morgan fingerprint density at radius 1 is 1.05 bits per heavy atom. The highest BCUT2D eigenvalue weighted by Crippen LogP contribution is 2.26. The quantitative estimate of drug-likeness (QED) is 0.594. The van der Waals surface area contributed by atoms with E-state index in [0.29, 0.717) is 5.56 Å². The smallest absolute Gasteiger partial charge is 0.131 e. The number of rotatable bonds is 5. The number of hydrogen-bond acceptors (Lipinski definition) is 0. The predicted octanol–water partition coefficient (Wildman–Crippen LogP) is 5.99. The summed E-state index contributed by atoms with van der Waals surface area (Å²) in [6.45, 7) is 2.18. The highest BCUT2D eigenvalue weighted by molar-refractivity contribution is 9.10. The molecule has 0 unspecified atom stereocenters. The van der Waals surface area contributed by atoms with Gasteiger partial charge in [0.2, 0.25) is 0 Å². The third kappa shape index (κ3) is 3.90. The van der Waals surface area contributed by atoms with Crippen LogP contribution in [0.1, 0.15) is 31.7 Å². The van der Waals surface area contributed by atoms with E-state index in [9.17, 15) is 4.39 Å². The molecule has 0 heterocycles. The zero-order valence-electron chi connectivity index (χ0n) is 11.1. The number of unbranched alkanes of at least 4 members (excludes halogenated alkanes) is 2. The van der Waals surface area contributed by atoms with Crippen LogP contribution < -0.4 is 0 Å². The number of halogens is 2. The SMILES string of the molecule is CCCCCc1ccc(-c2cccc(Br)c2)c(F)c1. The highest BCUT2D eigenvalue weighted by Gasteiger charge is 2.06. The first kappa shape index (κ1) is 14.3. The minimum atomic E-state index is -0.132. The lowest BCUT2D eigenvalue weighted by atomic mass is 10.0. The zero-order valence-corrected chi connectivity index (χ0v) is 12.7. The van der Waals surface area contributed by atoms with Crippen LogP contribution in [0.4, 0.5) is 4.39 Å². The van der Waals surface area contributed by atoms with E-state index in [1.54, 1.807) is 6.07 Å². The summed E-state index contributed by atoms with van der Waals surface area (Å²) in [7, 11) is 0. The predicted molar refractivity (Wildman–Crippen MR) is 82.8 cm³/mol. The second-order valence-electron chi connectivity index (χ2n) is 4.78. The third-order valence-electron chi connectivity index (χ3n) is 3.24. The molecule has 0 aliphatic carbocycles. The molecule has 0 amide bonds. The molecule has 2 rings (SSSR count). The van der Waals surface area contributed by atoms with Gasteiger partial charge in [-0.1, -0.05) is 60.0 Å². The minimum Gasteiger partial charge on any atom is -0.206 e. The van der Waals surface area contributed by atoms with Crippen molar-refractivity contribution in [1.29, 1.82) is 0 Å². The molecule has 0 aliphatic rings. The second kappa shape index (κ2) is 6.85. The van der Waals surface area contributed by atoms with Gasteiger partial charge in [-0.3, -0.25) is 0 Å². The minimum absolute atomic E-state index is 0.132. The molecule has 0 spiro atoms. The summed E-state index contributed by atoms with van der Waals surface area (Å²) in [6, 6.07) is 13.3. The molecule has 0 radical (unpaired) electrons. The van der Waals surface area contributed by atoms with Gasteiger partial charge in [-0.2, -0.15) is 0 Å². The Bertz CT molecular complexity index is 549. The van der Waals surface area contributed by atoms with Crippen molar-refractivity contribution in [3.63, 3.8) is 0 Å². The average molecular weight is 321 g/mol. The van der Waals surface area contributed by atoms with Gasteiger partial charge in [0.15, 0.2) is 0 Å². The summed E-state index contributed by atoms with van der Waals surface area (Å²) in [5.41, 5.74) is 2.66. The van der Waals surface area contributed by atoms with Crippen LogP contribution >= 0.6 is 15.9 Å². The molecular weight excluding hydrogens is 303 g/mol. The molecule has 0 atom stereocenters. The molecule has 0 aliphatic heterocycles. The fraction of sp³-hybridized carbons (Fsp3) is 0.294. The first-order chi connectivity index (χ1) is 9.20. The third-order valence-corrected chi connectivity index (χ3v) is 3.73. The summed E-state index contributed by atoms with van der Waals surface area (Å²) < 4.78 is 15.1. The summed E-state index contributed by atoms with van der Waals surface area (Å²) in [4.78, 5) is 0. The van der Waals surface area contributed by atoms with E-state index in [2.05, 4.69) is 22.9 Å². The van der Waals surface area contributed by atoms with Crippen molar-refractivity contribution in [3.05, 3.63) is 58.3 Å². The normalized spacial score (nSPS) is 10.7.